The van der Waals surface area contributed by atoms with Crippen molar-refractivity contribution >= 4 is 15.9 Å². The lowest BCUT2D eigenvalue weighted by Gasteiger charge is -2.01. The molecule has 1 aromatic rings. The summed E-state index contributed by atoms with van der Waals surface area (Å²) in [7, 11) is 0. The SMILES string of the molecule is Cc1ccc(CBr)c(F)c1F. The highest BCUT2D eigenvalue weighted by molar-refractivity contribution is 9.08. The normalized spacial score (nSPS) is 10.2. The Kier molecular flexibility index (Phi) is 2.60. The van der Waals surface area contributed by atoms with Gasteiger partial charge in [-0.2, -0.15) is 0 Å². The van der Waals surface area contributed by atoms with Crippen molar-refractivity contribution < 1.29 is 8.78 Å². The van der Waals surface area contributed by atoms with Gasteiger partial charge >= 0.3 is 0 Å². The van der Waals surface area contributed by atoms with Crippen LogP contribution in [0.3, 0.4) is 0 Å². The summed E-state index contributed by atoms with van der Waals surface area (Å²) in [6, 6.07) is 3.14. The molecule has 0 fully saturated rings. The average Bonchev–Trinajstić information content (AvgIpc) is 2.01. The number of benzene rings is 1. The van der Waals surface area contributed by atoms with Gasteiger partial charge < -0.3 is 0 Å². The number of aryl methyl sites for hydroxylation is 1. The molecule has 1 rings (SSSR count). The molecule has 0 unspecified atom stereocenters. The number of alkyl halides is 1. The van der Waals surface area contributed by atoms with Gasteiger partial charge in [-0.05, 0) is 12.5 Å². The minimum Gasteiger partial charge on any atom is -0.203 e. The lowest BCUT2D eigenvalue weighted by molar-refractivity contribution is 0.497. The first-order valence-corrected chi connectivity index (χ1v) is 4.28. The van der Waals surface area contributed by atoms with Crippen LogP contribution in [-0.2, 0) is 5.33 Å². The van der Waals surface area contributed by atoms with E-state index in [2.05, 4.69) is 15.9 Å². The lowest BCUT2D eigenvalue weighted by atomic mass is 10.1. The quantitative estimate of drug-likeness (QED) is 0.639. The lowest BCUT2D eigenvalue weighted by Crippen LogP contribution is -1.93. The monoisotopic (exact) mass is 220 g/mol. The molecule has 11 heavy (non-hydrogen) atoms. The van der Waals surface area contributed by atoms with Gasteiger partial charge in [-0.15, -0.1) is 0 Å². The number of rotatable bonds is 1. The highest BCUT2D eigenvalue weighted by Crippen LogP contribution is 2.17. The van der Waals surface area contributed by atoms with E-state index in [1.165, 1.54) is 6.92 Å². The minimum absolute atomic E-state index is 0.340. The van der Waals surface area contributed by atoms with Crippen molar-refractivity contribution in [3.8, 4) is 0 Å². The van der Waals surface area contributed by atoms with Gasteiger partial charge in [0.1, 0.15) is 0 Å². The molecule has 0 radical (unpaired) electrons. The smallest absolute Gasteiger partial charge is 0.163 e. The molecule has 0 N–H and O–H groups in total. The zero-order valence-corrected chi connectivity index (χ0v) is 7.58. The van der Waals surface area contributed by atoms with Gasteiger partial charge in [0.15, 0.2) is 11.6 Å². The molecular formula is C8H7BrF2. The van der Waals surface area contributed by atoms with Crippen LogP contribution in [0.15, 0.2) is 12.1 Å². The zero-order chi connectivity index (χ0) is 8.43. The first kappa shape index (κ1) is 8.65. The molecule has 0 aromatic heterocycles. The summed E-state index contributed by atoms with van der Waals surface area (Å²) in [6.45, 7) is 1.54. The summed E-state index contributed by atoms with van der Waals surface area (Å²) in [5.74, 6) is -1.50. The molecule has 3 heteroatoms. The minimum atomic E-state index is -0.748. The molecule has 0 amide bonds. The van der Waals surface area contributed by atoms with Crippen molar-refractivity contribution in [1.29, 1.82) is 0 Å². The van der Waals surface area contributed by atoms with E-state index in [4.69, 9.17) is 0 Å². The van der Waals surface area contributed by atoms with E-state index in [1.54, 1.807) is 12.1 Å². The van der Waals surface area contributed by atoms with Gasteiger partial charge in [0.25, 0.3) is 0 Å². The Morgan fingerprint density at radius 2 is 1.91 bits per heavy atom. The third-order valence-corrected chi connectivity index (χ3v) is 2.10. The van der Waals surface area contributed by atoms with E-state index in [-0.39, 0.29) is 0 Å². The predicted molar refractivity (Wildman–Crippen MR) is 43.7 cm³/mol. The fraction of sp³-hybridized carbons (Fsp3) is 0.250. The molecule has 0 saturated carbocycles. The Labute approximate surface area is 72.4 Å². The largest absolute Gasteiger partial charge is 0.203 e. The summed E-state index contributed by atoms with van der Waals surface area (Å²) in [4.78, 5) is 0. The molecule has 0 bridgehead atoms. The Balaban J connectivity index is 3.25. The van der Waals surface area contributed by atoms with Crippen molar-refractivity contribution in [2.45, 2.75) is 12.3 Å². The molecule has 0 saturated heterocycles. The summed E-state index contributed by atoms with van der Waals surface area (Å²) >= 11 is 3.06. The van der Waals surface area contributed by atoms with Gasteiger partial charge in [0.05, 0.1) is 0 Å². The van der Waals surface area contributed by atoms with Crippen LogP contribution < -0.4 is 0 Å². The second-order valence-electron chi connectivity index (χ2n) is 2.30. The fourth-order valence-electron chi connectivity index (χ4n) is 0.789. The van der Waals surface area contributed by atoms with Gasteiger partial charge in [0, 0.05) is 10.9 Å². The number of hydrogen-bond acceptors (Lipinski definition) is 0. The Morgan fingerprint density at radius 3 is 2.45 bits per heavy atom. The van der Waals surface area contributed by atoms with Gasteiger partial charge in [0.2, 0.25) is 0 Å². The van der Waals surface area contributed by atoms with E-state index in [0.29, 0.717) is 16.5 Å². The van der Waals surface area contributed by atoms with E-state index < -0.39 is 11.6 Å². The number of hydrogen-bond donors (Lipinski definition) is 0. The standard InChI is InChI=1S/C8H7BrF2/c1-5-2-3-6(4-9)8(11)7(5)10/h2-3H,4H2,1H3. The topological polar surface area (TPSA) is 0 Å². The van der Waals surface area contributed by atoms with Gasteiger partial charge in [-0.25, -0.2) is 8.78 Å². The second kappa shape index (κ2) is 3.30. The molecule has 0 aliphatic heterocycles. The second-order valence-corrected chi connectivity index (χ2v) is 2.86. The molecule has 0 nitrogen and oxygen atoms in total. The van der Waals surface area contributed by atoms with E-state index in [0.717, 1.165) is 0 Å². The summed E-state index contributed by atoms with van der Waals surface area (Å²) in [5, 5.41) is 0.343. The van der Waals surface area contributed by atoms with Crippen molar-refractivity contribution in [2.75, 3.05) is 0 Å². The molecule has 0 aliphatic rings. The van der Waals surface area contributed by atoms with E-state index in [1.807, 2.05) is 0 Å². The van der Waals surface area contributed by atoms with Crippen LogP contribution in [0.2, 0.25) is 0 Å². The Hall–Kier alpha value is -0.440. The van der Waals surface area contributed by atoms with E-state index in [9.17, 15) is 8.78 Å². The molecule has 1 aromatic carbocycles. The summed E-state index contributed by atoms with van der Waals surface area (Å²) in [6.07, 6.45) is 0. The van der Waals surface area contributed by atoms with E-state index >= 15 is 0 Å². The van der Waals surface area contributed by atoms with Crippen molar-refractivity contribution in [3.63, 3.8) is 0 Å². The van der Waals surface area contributed by atoms with Crippen LogP contribution in [0.4, 0.5) is 8.78 Å². The molecule has 0 atom stereocenters. The summed E-state index contributed by atoms with van der Waals surface area (Å²) in [5.41, 5.74) is 0.695. The van der Waals surface area contributed by atoms with Crippen molar-refractivity contribution in [2.24, 2.45) is 0 Å². The Morgan fingerprint density at radius 1 is 1.27 bits per heavy atom. The first-order valence-electron chi connectivity index (χ1n) is 3.16. The van der Waals surface area contributed by atoms with Gasteiger partial charge in [-0.3, -0.25) is 0 Å². The van der Waals surface area contributed by atoms with Gasteiger partial charge in [-0.1, -0.05) is 28.1 Å². The molecule has 60 valence electrons. The predicted octanol–water partition coefficient (Wildman–Crippen LogP) is 3.17. The van der Waals surface area contributed by atoms with Crippen molar-refractivity contribution in [1.82, 2.24) is 0 Å². The third-order valence-electron chi connectivity index (χ3n) is 1.50. The van der Waals surface area contributed by atoms with Crippen LogP contribution in [-0.4, -0.2) is 0 Å². The molecular weight excluding hydrogens is 214 g/mol. The maximum Gasteiger partial charge on any atom is 0.163 e. The zero-order valence-electron chi connectivity index (χ0n) is 6.00. The van der Waals surface area contributed by atoms with Crippen molar-refractivity contribution in [3.05, 3.63) is 34.9 Å². The third kappa shape index (κ3) is 1.59. The maximum absolute atomic E-state index is 12.9. The maximum atomic E-state index is 12.9. The average molecular weight is 221 g/mol. The molecule has 0 spiro atoms. The molecule has 0 heterocycles. The molecule has 0 aliphatic carbocycles. The van der Waals surface area contributed by atoms with Crippen LogP contribution in [0.25, 0.3) is 0 Å². The highest BCUT2D eigenvalue weighted by Gasteiger charge is 2.08. The Bertz CT molecular complexity index is 271. The summed E-state index contributed by atoms with van der Waals surface area (Å²) < 4.78 is 25.6. The van der Waals surface area contributed by atoms with Crippen LogP contribution in [0.1, 0.15) is 11.1 Å². The fourth-order valence-corrected chi connectivity index (χ4v) is 1.22. The highest BCUT2D eigenvalue weighted by atomic mass is 79.9. The van der Waals surface area contributed by atoms with Crippen LogP contribution in [0, 0.1) is 18.6 Å². The van der Waals surface area contributed by atoms with Crippen LogP contribution >= 0.6 is 15.9 Å². The van der Waals surface area contributed by atoms with Crippen LogP contribution in [0.5, 0.6) is 0 Å². The number of halogens is 3. The first-order chi connectivity index (χ1) is 5.16.